The third-order valence-electron chi connectivity index (χ3n) is 3.47. The van der Waals surface area contributed by atoms with Gasteiger partial charge in [-0.25, -0.2) is 4.99 Å². The molecule has 2 N–H and O–H groups in total. The van der Waals surface area contributed by atoms with E-state index >= 15 is 0 Å². The summed E-state index contributed by atoms with van der Waals surface area (Å²) in [4.78, 5) is 17.5. The summed E-state index contributed by atoms with van der Waals surface area (Å²) in [6.45, 7) is 6.85. The largest absolute Gasteiger partial charge is 0.383 e. The number of likely N-dealkylation sites (N-methyl/N-ethyl adjacent to an activating group) is 1. The summed E-state index contributed by atoms with van der Waals surface area (Å²) in [7, 11) is 5.14. The molecule has 0 spiro atoms. The van der Waals surface area contributed by atoms with Crippen LogP contribution in [0.1, 0.15) is 46.0 Å². The van der Waals surface area contributed by atoms with E-state index in [1.54, 1.807) is 26.1 Å². The predicted octanol–water partition coefficient (Wildman–Crippen LogP) is 1.86. The van der Waals surface area contributed by atoms with Gasteiger partial charge < -0.3 is 20.3 Å². The van der Waals surface area contributed by atoms with Gasteiger partial charge in [0.05, 0.1) is 6.61 Å². The lowest BCUT2D eigenvalue weighted by atomic mass is 10.0. The van der Waals surface area contributed by atoms with E-state index in [1.165, 1.54) is 25.7 Å². The molecule has 0 aliphatic rings. The Kier molecular flexibility index (Phi) is 13.5. The first-order valence-electron chi connectivity index (χ1n) is 8.68. The molecule has 0 saturated carbocycles. The number of amides is 1. The molecule has 0 aromatic carbocycles. The molecule has 0 aliphatic heterocycles. The summed E-state index contributed by atoms with van der Waals surface area (Å²) < 4.78 is 5.02. The van der Waals surface area contributed by atoms with Crippen LogP contribution in [-0.4, -0.2) is 64.2 Å². The second-order valence-electron chi connectivity index (χ2n) is 6.40. The average Bonchev–Trinajstić information content (AvgIpc) is 2.50. The van der Waals surface area contributed by atoms with Crippen molar-refractivity contribution in [2.45, 2.75) is 46.0 Å². The van der Waals surface area contributed by atoms with Crippen molar-refractivity contribution in [2.75, 3.05) is 47.4 Å². The minimum absolute atomic E-state index is 0.00785. The van der Waals surface area contributed by atoms with Crippen molar-refractivity contribution >= 4 is 11.9 Å². The number of aliphatic imine (C=N–C) groups is 1. The van der Waals surface area contributed by atoms with Crippen LogP contribution in [0.15, 0.2) is 4.99 Å². The van der Waals surface area contributed by atoms with Crippen LogP contribution >= 0.6 is 0 Å². The lowest BCUT2D eigenvalue weighted by molar-refractivity contribution is -0.127. The third kappa shape index (κ3) is 14.0. The van der Waals surface area contributed by atoms with Crippen LogP contribution in [-0.2, 0) is 9.53 Å². The zero-order chi connectivity index (χ0) is 17.5. The van der Waals surface area contributed by atoms with Crippen LogP contribution in [0.5, 0.6) is 0 Å². The molecule has 0 saturated heterocycles. The van der Waals surface area contributed by atoms with Gasteiger partial charge in [0.1, 0.15) is 6.54 Å². The maximum Gasteiger partial charge on any atom is 0.243 e. The van der Waals surface area contributed by atoms with E-state index in [0.29, 0.717) is 19.1 Å². The number of nitrogens with one attached hydrogen (secondary N) is 2. The zero-order valence-corrected chi connectivity index (χ0v) is 15.7. The van der Waals surface area contributed by atoms with Crippen molar-refractivity contribution in [3.05, 3.63) is 0 Å². The highest BCUT2D eigenvalue weighted by Crippen LogP contribution is 2.08. The summed E-state index contributed by atoms with van der Waals surface area (Å²) in [6.07, 6.45) is 6.24. The second kappa shape index (κ2) is 14.3. The molecule has 6 nitrogen and oxygen atoms in total. The summed E-state index contributed by atoms with van der Waals surface area (Å²) in [5, 5.41) is 6.46. The number of nitrogens with zero attached hydrogens (tertiary/aromatic N) is 2. The summed E-state index contributed by atoms with van der Waals surface area (Å²) in [6, 6.07) is 0. The molecule has 0 rings (SSSR count). The minimum atomic E-state index is -0.00785. The Hall–Kier alpha value is -1.30. The number of ether oxygens (including phenoxy) is 1. The van der Waals surface area contributed by atoms with Crippen molar-refractivity contribution in [2.24, 2.45) is 10.9 Å². The minimum Gasteiger partial charge on any atom is -0.383 e. The van der Waals surface area contributed by atoms with Gasteiger partial charge in [0.15, 0.2) is 5.96 Å². The first-order valence-corrected chi connectivity index (χ1v) is 8.68. The average molecular weight is 329 g/mol. The van der Waals surface area contributed by atoms with Gasteiger partial charge in [0, 0.05) is 34.3 Å². The molecular weight excluding hydrogens is 292 g/mol. The third-order valence-corrected chi connectivity index (χ3v) is 3.47. The molecule has 136 valence electrons. The van der Waals surface area contributed by atoms with E-state index in [1.807, 2.05) is 0 Å². The standard InChI is InChI=1S/C17H36N4O2/c1-15(2)10-8-6-7-9-11-18-17(19-12-13-23-5)20-14-16(22)21(3)4/h15H,6-14H2,1-5H3,(H2,18,19,20). The van der Waals surface area contributed by atoms with E-state index in [-0.39, 0.29) is 12.5 Å². The number of unbranched alkanes of at least 4 members (excludes halogenated alkanes) is 3. The zero-order valence-electron chi connectivity index (χ0n) is 15.7. The first kappa shape index (κ1) is 21.7. The fourth-order valence-electron chi connectivity index (χ4n) is 1.97. The van der Waals surface area contributed by atoms with Gasteiger partial charge in [0.25, 0.3) is 0 Å². The van der Waals surface area contributed by atoms with Crippen molar-refractivity contribution in [1.29, 1.82) is 0 Å². The first-order chi connectivity index (χ1) is 11.0. The van der Waals surface area contributed by atoms with E-state index in [4.69, 9.17) is 4.74 Å². The molecule has 0 aromatic rings. The highest BCUT2D eigenvalue weighted by Gasteiger charge is 2.04. The Bertz CT molecular complexity index is 331. The molecule has 6 heteroatoms. The highest BCUT2D eigenvalue weighted by atomic mass is 16.5. The topological polar surface area (TPSA) is 66.0 Å². The highest BCUT2D eigenvalue weighted by molar-refractivity contribution is 5.84. The van der Waals surface area contributed by atoms with Crippen molar-refractivity contribution in [3.63, 3.8) is 0 Å². The molecule has 0 bridgehead atoms. The van der Waals surface area contributed by atoms with Gasteiger partial charge in [0.2, 0.25) is 5.91 Å². The fraction of sp³-hybridized carbons (Fsp3) is 0.882. The van der Waals surface area contributed by atoms with Crippen LogP contribution in [0.25, 0.3) is 0 Å². The summed E-state index contributed by atoms with van der Waals surface area (Å²) in [5.41, 5.74) is 0. The lowest BCUT2D eigenvalue weighted by Gasteiger charge is -2.13. The van der Waals surface area contributed by atoms with Gasteiger partial charge in [-0.2, -0.15) is 0 Å². The van der Waals surface area contributed by atoms with Gasteiger partial charge in [-0.1, -0.05) is 39.5 Å². The van der Waals surface area contributed by atoms with E-state index in [9.17, 15) is 4.79 Å². The van der Waals surface area contributed by atoms with Crippen LogP contribution in [0.3, 0.4) is 0 Å². The molecule has 23 heavy (non-hydrogen) atoms. The Labute approximate surface area is 142 Å². The predicted molar refractivity (Wildman–Crippen MR) is 96.8 cm³/mol. The molecule has 0 radical (unpaired) electrons. The van der Waals surface area contributed by atoms with Crippen molar-refractivity contribution in [3.8, 4) is 0 Å². The monoisotopic (exact) mass is 328 g/mol. The van der Waals surface area contributed by atoms with E-state index in [0.717, 1.165) is 18.9 Å². The summed E-state index contributed by atoms with van der Waals surface area (Å²) >= 11 is 0. The normalized spacial score (nSPS) is 11.7. The van der Waals surface area contributed by atoms with Crippen molar-refractivity contribution < 1.29 is 9.53 Å². The maximum absolute atomic E-state index is 11.6. The Balaban J connectivity index is 4.01. The van der Waals surface area contributed by atoms with Crippen LogP contribution < -0.4 is 10.6 Å². The Morgan fingerprint density at radius 3 is 2.35 bits per heavy atom. The molecule has 0 aromatic heterocycles. The van der Waals surface area contributed by atoms with Gasteiger partial charge in [-0.15, -0.1) is 0 Å². The maximum atomic E-state index is 11.6. The molecule has 1 amide bonds. The quantitative estimate of drug-likeness (QED) is 0.326. The second-order valence-corrected chi connectivity index (χ2v) is 6.40. The molecule has 0 heterocycles. The number of guanidine groups is 1. The number of hydrogen-bond acceptors (Lipinski definition) is 3. The van der Waals surface area contributed by atoms with Crippen LogP contribution in [0, 0.1) is 5.92 Å². The van der Waals surface area contributed by atoms with E-state index in [2.05, 4.69) is 29.5 Å². The smallest absolute Gasteiger partial charge is 0.243 e. The number of carbonyl (C=O) groups excluding carboxylic acids is 1. The molecule has 0 atom stereocenters. The van der Waals surface area contributed by atoms with Gasteiger partial charge in [-0.3, -0.25) is 4.79 Å². The fourth-order valence-corrected chi connectivity index (χ4v) is 1.97. The molecule has 0 unspecified atom stereocenters. The number of methoxy groups -OCH3 is 1. The lowest BCUT2D eigenvalue weighted by Crippen LogP contribution is -2.40. The Morgan fingerprint density at radius 1 is 1.09 bits per heavy atom. The molecule has 0 aliphatic carbocycles. The van der Waals surface area contributed by atoms with Crippen LogP contribution in [0.2, 0.25) is 0 Å². The van der Waals surface area contributed by atoms with E-state index < -0.39 is 0 Å². The van der Waals surface area contributed by atoms with Crippen LogP contribution in [0.4, 0.5) is 0 Å². The summed E-state index contributed by atoms with van der Waals surface area (Å²) in [5.74, 6) is 1.47. The van der Waals surface area contributed by atoms with Crippen molar-refractivity contribution in [1.82, 2.24) is 15.5 Å². The molecule has 0 fully saturated rings. The number of hydrogen-bond donors (Lipinski definition) is 2. The van der Waals surface area contributed by atoms with Gasteiger partial charge >= 0.3 is 0 Å². The number of carbonyl (C=O) groups is 1. The molecular formula is C17H36N4O2. The SMILES string of the molecule is COCCNC(=NCC(=O)N(C)C)NCCCCCCC(C)C. The Morgan fingerprint density at radius 2 is 1.74 bits per heavy atom. The number of rotatable bonds is 12. The van der Waals surface area contributed by atoms with Gasteiger partial charge in [-0.05, 0) is 12.3 Å².